The van der Waals surface area contributed by atoms with Gasteiger partial charge in [0, 0.05) is 57.6 Å². The van der Waals surface area contributed by atoms with Crippen LogP contribution in [0.25, 0.3) is 0 Å². The van der Waals surface area contributed by atoms with Gasteiger partial charge < -0.3 is 14.5 Å². The van der Waals surface area contributed by atoms with Crippen LogP contribution in [0.4, 0.5) is 0 Å². The molecule has 0 bridgehead atoms. The van der Waals surface area contributed by atoms with Gasteiger partial charge in [0.1, 0.15) is 11.9 Å². The lowest BCUT2D eigenvalue weighted by atomic mass is 9.94. The minimum absolute atomic E-state index is 0.0642. The molecule has 6 nitrogen and oxygen atoms in total. The molecule has 0 spiro atoms. The molecule has 2 saturated heterocycles. The lowest BCUT2D eigenvalue weighted by Crippen LogP contribution is -2.47. The van der Waals surface area contributed by atoms with Crippen molar-refractivity contribution in [1.82, 2.24) is 14.8 Å². The molecule has 2 fully saturated rings. The number of piperidine rings is 2. The van der Waals surface area contributed by atoms with Gasteiger partial charge in [-0.05, 0) is 31.9 Å². The van der Waals surface area contributed by atoms with Crippen LogP contribution in [0.15, 0.2) is 18.3 Å². The zero-order chi connectivity index (χ0) is 17.8. The number of rotatable bonds is 3. The standard InChI is InChI=1S/C19H27N3O3/c1-14-3-4-18(13-20-14)25-17-7-11-22(12-8-17)19(24)16-5-9-21(10-6-16)15(2)23/h3-4,13,16-17H,5-12H2,1-2H3. The van der Waals surface area contributed by atoms with Crippen molar-refractivity contribution >= 4 is 11.8 Å². The highest BCUT2D eigenvalue weighted by molar-refractivity contribution is 5.79. The summed E-state index contributed by atoms with van der Waals surface area (Å²) in [5, 5.41) is 0. The molecule has 0 unspecified atom stereocenters. The van der Waals surface area contributed by atoms with Gasteiger partial charge in [0.05, 0.1) is 6.20 Å². The molecule has 0 radical (unpaired) electrons. The molecule has 1 aromatic heterocycles. The van der Waals surface area contributed by atoms with Gasteiger partial charge in [0.25, 0.3) is 0 Å². The number of hydrogen-bond donors (Lipinski definition) is 0. The highest BCUT2D eigenvalue weighted by Gasteiger charge is 2.31. The van der Waals surface area contributed by atoms with Crippen molar-refractivity contribution in [2.75, 3.05) is 26.2 Å². The predicted molar refractivity (Wildman–Crippen MR) is 94.2 cm³/mol. The van der Waals surface area contributed by atoms with Crippen molar-refractivity contribution in [3.63, 3.8) is 0 Å². The maximum atomic E-state index is 12.7. The SMILES string of the molecule is CC(=O)N1CCC(C(=O)N2CCC(Oc3ccc(C)nc3)CC2)CC1. The van der Waals surface area contributed by atoms with Crippen LogP contribution in [0, 0.1) is 12.8 Å². The Morgan fingerprint density at radius 1 is 1.04 bits per heavy atom. The van der Waals surface area contributed by atoms with Gasteiger partial charge in [-0.15, -0.1) is 0 Å². The molecule has 3 rings (SSSR count). The van der Waals surface area contributed by atoms with E-state index in [0.717, 1.165) is 50.2 Å². The van der Waals surface area contributed by atoms with Crippen LogP contribution >= 0.6 is 0 Å². The Labute approximate surface area is 149 Å². The number of hydrogen-bond acceptors (Lipinski definition) is 4. The van der Waals surface area contributed by atoms with E-state index in [1.165, 1.54) is 0 Å². The van der Waals surface area contributed by atoms with Gasteiger partial charge in [-0.3, -0.25) is 14.6 Å². The quantitative estimate of drug-likeness (QED) is 0.841. The molecule has 0 atom stereocenters. The summed E-state index contributed by atoms with van der Waals surface area (Å²) in [6, 6.07) is 3.89. The smallest absolute Gasteiger partial charge is 0.225 e. The van der Waals surface area contributed by atoms with E-state index in [9.17, 15) is 9.59 Å². The van der Waals surface area contributed by atoms with Gasteiger partial charge in [-0.2, -0.15) is 0 Å². The molecular weight excluding hydrogens is 318 g/mol. The first kappa shape index (κ1) is 17.7. The molecule has 0 aromatic carbocycles. The van der Waals surface area contributed by atoms with Crippen molar-refractivity contribution in [3.05, 3.63) is 24.0 Å². The van der Waals surface area contributed by atoms with Crippen molar-refractivity contribution in [3.8, 4) is 5.75 Å². The van der Waals surface area contributed by atoms with Crippen LogP contribution in [0.5, 0.6) is 5.75 Å². The fraction of sp³-hybridized carbons (Fsp3) is 0.632. The molecule has 6 heteroatoms. The summed E-state index contributed by atoms with van der Waals surface area (Å²) in [7, 11) is 0. The van der Waals surface area contributed by atoms with E-state index in [2.05, 4.69) is 4.98 Å². The number of pyridine rings is 1. The Morgan fingerprint density at radius 3 is 2.24 bits per heavy atom. The second-order valence-electron chi connectivity index (χ2n) is 7.06. The Bertz CT molecular complexity index is 601. The second-order valence-corrected chi connectivity index (χ2v) is 7.06. The first-order chi connectivity index (χ1) is 12.0. The summed E-state index contributed by atoms with van der Waals surface area (Å²) >= 11 is 0. The average Bonchev–Trinajstić information content (AvgIpc) is 2.64. The summed E-state index contributed by atoms with van der Waals surface area (Å²) in [4.78, 5) is 32.2. The molecule has 1 aromatic rings. The van der Waals surface area contributed by atoms with E-state index in [0.29, 0.717) is 13.1 Å². The predicted octanol–water partition coefficient (Wildman–Crippen LogP) is 2.02. The maximum absolute atomic E-state index is 12.7. The number of carbonyl (C=O) groups is 2. The van der Waals surface area contributed by atoms with E-state index < -0.39 is 0 Å². The van der Waals surface area contributed by atoms with Gasteiger partial charge in [0.2, 0.25) is 11.8 Å². The summed E-state index contributed by atoms with van der Waals surface area (Å²) in [5.74, 6) is 1.22. The highest BCUT2D eigenvalue weighted by atomic mass is 16.5. The number of amides is 2. The lowest BCUT2D eigenvalue weighted by Gasteiger charge is -2.37. The average molecular weight is 345 g/mol. The van der Waals surface area contributed by atoms with Gasteiger partial charge >= 0.3 is 0 Å². The number of ether oxygens (including phenoxy) is 1. The minimum atomic E-state index is 0.0642. The second kappa shape index (κ2) is 7.85. The zero-order valence-electron chi connectivity index (χ0n) is 15.1. The summed E-state index contributed by atoms with van der Waals surface area (Å²) < 4.78 is 5.98. The molecule has 0 saturated carbocycles. The molecule has 3 heterocycles. The Hall–Kier alpha value is -2.11. The summed E-state index contributed by atoms with van der Waals surface area (Å²) in [6.07, 6.45) is 5.18. The topological polar surface area (TPSA) is 62.7 Å². The first-order valence-electron chi connectivity index (χ1n) is 9.16. The van der Waals surface area contributed by atoms with Crippen molar-refractivity contribution < 1.29 is 14.3 Å². The van der Waals surface area contributed by atoms with Crippen LogP contribution in [0.3, 0.4) is 0 Å². The fourth-order valence-electron chi connectivity index (χ4n) is 3.61. The summed E-state index contributed by atoms with van der Waals surface area (Å²) in [5.41, 5.74) is 0.976. The maximum Gasteiger partial charge on any atom is 0.225 e. The lowest BCUT2D eigenvalue weighted by molar-refractivity contribution is -0.141. The molecule has 0 N–H and O–H groups in total. The highest BCUT2D eigenvalue weighted by Crippen LogP contribution is 2.23. The number of carbonyl (C=O) groups excluding carboxylic acids is 2. The number of likely N-dealkylation sites (tertiary alicyclic amines) is 2. The fourth-order valence-corrected chi connectivity index (χ4v) is 3.61. The van der Waals surface area contributed by atoms with Gasteiger partial charge in [-0.25, -0.2) is 0 Å². The molecular formula is C19H27N3O3. The number of aryl methyl sites for hydroxylation is 1. The van der Waals surface area contributed by atoms with Crippen LogP contribution in [0.1, 0.15) is 38.3 Å². The van der Waals surface area contributed by atoms with Crippen molar-refractivity contribution in [2.24, 2.45) is 5.92 Å². The molecule has 136 valence electrons. The van der Waals surface area contributed by atoms with Crippen LogP contribution in [0.2, 0.25) is 0 Å². The number of nitrogens with zero attached hydrogens (tertiary/aromatic N) is 3. The van der Waals surface area contributed by atoms with Gasteiger partial charge in [0.15, 0.2) is 0 Å². The van der Waals surface area contributed by atoms with Crippen LogP contribution in [-0.2, 0) is 9.59 Å². The van der Waals surface area contributed by atoms with Crippen LogP contribution in [-0.4, -0.2) is 58.9 Å². The Balaban J connectivity index is 1.45. The van der Waals surface area contributed by atoms with E-state index >= 15 is 0 Å². The van der Waals surface area contributed by atoms with E-state index in [4.69, 9.17) is 4.74 Å². The molecule has 0 aliphatic carbocycles. The molecule has 2 amide bonds. The molecule has 2 aliphatic heterocycles. The Kier molecular flexibility index (Phi) is 5.56. The van der Waals surface area contributed by atoms with Gasteiger partial charge in [-0.1, -0.05) is 0 Å². The number of aromatic nitrogens is 1. The monoisotopic (exact) mass is 345 g/mol. The van der Waals surface area contributed by atoms with Crippen molar-refractivity contribution in [1.29, 1.82) is 0 Å². The third kappa shape index (κ3) is 4.50. The van der Waals surface area contributed by atoms with Crippen molar-refractivity contribution in [2.45, 2.75) is 45.6 Å². The third-order valence-electron chi connectivity index (χ3n) is 5.23. The largest absolute Gasteiger partial charge is 0.489 e. The normalized spacial score (nSPS) is 19.8. The van der Waals surface area contributed by atoms with E-state index in [1.54, 1.807) is 13.1 Å². The summed E-state index contributed by atoms with van der Waals surface area (Å²) in [6.45, 7) is 6.44. The molecule has 2 aliphatic rings. The van der Waals surface area contributed by atoms with E-state index in [1.807, 2.05) is 28.9 Å². The van der Waals surface area contributed by atoms with Crippen LogP contribution < -0.4 is 4.74 Å². The molecule has 25 heavy (non-hydrogen) atoms. The zero-order valence-corrected chi connectivity index (χ0v) is 15.1. The first-order valence-corrected chi connectivity index (χ1v) is 9.16. The third-order valence-corrected chi connectivity index (χ3v) is 5.23. The van der Waals surface area contributed by atoms with E-state index in [-0.39, 0.29) is 23.8 Å². The minimum Gasteiger partial charge on any atom is -0.489 e. The Morgan fingerprint density at radius 2 is 1.68 bits per heavy atom.